The summed E-state index contributed by atoms with van der Waals surface area (Å²) >= 11 is 3.45. The number of alkyl halides is 3. The van der Waals surface area contributed by atoms with E-state index in [4.69, 9.17) is 0 Å². The Balaban J connectivity index is 1.87. The molecule has 0 radical (unpaired) electrons. The fraction of sp³-hybridized carbons (Fsp3) is 0.278. The number of amides is 1. The summed E-state index contributed by atoms with van der Waals surface area (Å²) in [5, 5.41) is 0. The molecule has 0 spiro atoms. The van der Waals surface area contributed by atoms with Crippen molar-refractivity contribution in [3.63, 3.8) is 0 Å². The van der Waals surface area contributed by atoms with Gasteiger partial charge in [-0.1, -0.05) is 46.3 Å². The Kier molecular flexibility index (Phi) is 6.47. The maximum Gasteiger partial charge on any atom is 0.573 e. The number of benzene rings is 2. The van der Waals surface area contributed by atoms with Gasteiger partial charge in [-0.25, -0.2) is 0 Å². The normalized spacial score (nSPS) is 11.2. The van der Waals surface area contributed by atoms with Gasteiger partial charge in [0.1, 0.15) is 5.75 Å². The summed E-state index contributed by atoms with van der Waals surface area (Å²) in [5.74, 6) is -0.314. The van der Waals surface area contributed by atoms with Crippen LogP contribution >= 0.6 is 15.9 Å². The maximum absolute atomic E-state index is 12.2. The molecule has 0 bridgehead atoms. The van der Waals surface area contributed by atoms with E-state index in [1.807, 2.05) is 24.3 Å². The van der Waals surface area contributed by atoms with E-state index in [2.05, 4.69) is 20.7 Å². The standard InChI is InChI=1S/C18H17BrF3NO2/c1-23(17(24)11-8-14-4-2-3-5-16(14)19)12-13-6-9-15(10-7-13)25-18(20,21)22/h2-7,9-10H,8,11-12H2,1H3. The first-order valence-electron chi connectivity index (χ1n) is 7.56. The molecule has 134 valence electrons. The summed E-state index contributed by atoms with van der Waals surface area (Å²) in [6.07, 6.45) is -3.74. The zero-order valence-electron chi connectivity index (χ0n) is 13.5. The predicted octanol–water partition coefficient (Wildman–Crippen LogP) is 4.94. The third-order valence-electron chi connectivity index (χ3n) is 3.57. The van der Waals surface area contributed by atoms with E-state index in [9.17, 15) is 18.0 Å². The molecular formula is C18H17BrF3NO2. The lowest BCUT2D eigenvalue weighted by Crippen LogP contribution is -2.26. The first-order chi connectivity index (χ1) is 11.7. The molecule has 0 atom stereocenters. The molecule has 2 rings (SSSR count). The van der Waals surface area contributed by atoms with Crippen LogP contribution in [0.1, 0.15) is 17.5 Å². The Morgan fingerprint density at radius 3 is 2.36 bits per heavy atom. The summed E-state index contributed by atoms with van der Waals surface area (Å²) in [7, 11) is 1.67. The van der Waals surface area contributed by atoms with E-state index in [1.165, 1.54) is 24.3 Å². The first-order valence-corrected chi connectivity index (χ1v) is 8.36. The summed E-state index contributed by atoms with van der Waals surface area (Å²) in [4.78, 5) is 13.8. The van der Waals surface area contributed by atoms with Crippen LogP contribution in [0, 0.1) is 0 Å². The molecule has 0 unspecified atom stereocenters. The zero-order chi connectivity index (χ0) is 18.4. The van der Waals surface area contributed by atoms with Gasteiger partial charge < -0.3 is 9.64 Å². The minimum Gasteiger partial charge on any atom is -0.406 e. The molecule has 7 heteroatoms. The Morgan fingerprint density at radius 2 is 1.76 bits per heavy atom. The van der Waals surface area contributed by atoms with Gasteiger partial charge in [0.2, 0.25) is 5.91 Å². The molecule has 1 amide bonds. The van der Waals surface area contributed by atoms with Crippen LogP contribution in [-0.4, -0.2) is 24.2 Å². The van der Waals surface area contributed by atoms with E-state index in [-0.39, 0.29) is 11.7 Å². The van der Waals surface area contributed by atoms with Crippen molar-refractivity contribution in [2.75, 3.05) is 7.05 Å². The van der Waals surface area contributed by atoms with Gasteiger partial charge in [0, 0.05) is 24.5 Å². The first kappa shape index (κ1) is 19.3. The minimum absolute atomic E-state index is 0.0358. The highest BCUT2D eigenvalue weighted by Crippen LogP contribution is 2.23. The second kappa shape index (κ2) is 8.38. The fourth-order valence-electron chi connectivity index (χ4n) is 2.29. The van der Waals surface area contributed by atoms with Crippen LogP contribution in [0.5, 0.6) is 5.75 Å². The number of hydrogen-bond donors (Lipinski definition) is 0. The molecule has 0 aliphatic carbocycles. The van der Waals surface area contributed by atoms with Gasteiger partial charge in [-0.3, -0.25) is 4.79 Å². The lowest BCUT2D eigenvalue weighted by Gasteiger charge is -2.18. The van der Waals surface area contributed by atoms with Crippen LogP contribution < -0.4 is 4.74 Å². The van der Waals surface area contributed by atoms with Crippen molar-refractivity contribution in [1.82, 2.24) is 4.90 Å². The summed E-state index contributed by atoms with van der Waals surface area (Å²) < 4.78 is 41.2. The number of ether oxygens (including phenoxy) is 1. The topological polar surface area (TPSA) is 29.5 Å². The largest absolute Gasteiger partial charge is 0.573 e. The smallest absolute Gasteiger partial charge is 0.406 e. The second-order valence-corrected chi connectivity index (χ2v) is 6.39. The lowest BCUT2D eigenvalue weighted by atomic mass is 10.1. The third kappa shape index (κ3) is 6.42. The Morgan fingerprint density at radius 1 is 1.12 bits per heavy atom. The van der Waals surface area contributed by atoms with Crippen molar-refractivity contribution >= 4 is 21.8 Å². The van der Waals surface area contributed by atoms with Crippen molar-refractivity contribution in [2.45, 2.75) is 25.7 Å². The van der Waals surface area contributed by atoms with Gasteiger partial charge >= 0.3 is 6.36 Å². The van der Waals surface area contributed by atoms with Gasteiger partial charge in [0.25, 0.3) is 0 Å². The number of hydrogen-bond acceptors (Lipinski definition) is 2. The number of aryl methyl sites for hydroxylation is 1. The van der Waals surface area contributed by atoms with Crippen molar-refractivity contribution in [3.8, 4) is 5.75 Å². The number of carbonyl (C=O) groups excluding carboxylic acids is 1. The van der Waals surface area contributed by atoms with Gasteiger partial charge in [-0.2, -0.15) is 0 Å². The number of carbonyl (C=O) groups is 1. The molecule has 0 saturated carbocycles. The number of rotatable bonds is 6. The number of halogens is 4. The highest BCUT2D eigenvalue weighted by Gasteiger charge is 2.30. The van der Waals surface area contributed by atoms with Gasteiger partial charge in [0.15, 0.2) is 0 Å². The lowest BCUT2D eigenvalue weighted by molar-refractivity contribution is -0.274. The second-order valence-electron chi connectivity index (χ2n) is 5.53. The molecule has 0 N–H and O–H groups in total. The molecule has 0 aliphatic heterocycles. The van der Waals surface area contributed by atoms with Crippen LogP contribution in [0.2, 0.25) is 0 Å². The van der Waals surface area contributed by atoms with Crippen molar-refractivity contribution < 1.29 is 22.7 Å². The highest BCUT2D eigenvalue weighted by atomic mass is 79.9. The van der Waals surface area contributed by atoms with Gasteiger partial charge in [-0.15, -0.1) is 13.2 Å². The molecule has 0 aliphatic rings. The molecule has 2 aromatic carbocycles. The van der Waals surface area contributed by atoms with Crippen LogP contribution in [0.15, 0.2) is 53.0 Å². The van der Waals surface area contributed by atoms with E-state index < -0.39 is 6.36 Å². The summed E-state index contributed by atoms with van der Waals surface area (Å²) in [6, 6.07) is 13.2. The molecule has 0 aromatic heterocycles. The average molecular weight is 416 g/mol. The van der Waals surface area contributed by atoms with E-state index in [0.29, 0.717) is 19.4 Å². The zero-order valence-corrected chi connectivity index (χ0v) is 15.1. The molecular weight excluding hydrogens is 399 g/mol. The van der Waals surface area contributed by atoms with Crippen LogP contribution in [0.4, 0.5) is 13.2 Å². The Bertz CT molecular complexity index is 717. The predicted molar refractivity (Wildman–Crippen MR) is 92.1 cm³/mol. The van der Waals surface area contributed by atoms with E-state index in [1.54, 1.807) is 11.9 Å². The van der Waals surface area contributed by atoms with Gasteiger partial charge in [0.05, 0.1) is 0 Å². The van der Waals surface area contributed by atoms with E-state index >= 15 is 0 Å². The summed E-state index contributed by atoms with van der Waals surface area (Å²) in [5.41, 5.74) is 1.78. The summed E-state index contributed by atoms with van der Waals surface area (Å²) in [6.45, 7) is 0.321. The molecule has 2 aromatic rings. The average Bonchev–Trinajstić information content (AvgIpc) is 2.54. The van der Waals surface area contributed by atoms with Crippen LogP contribution in [0.25, 0.3) is 0 Å². The van der Waals surface area contributed by atoms with Crippen LogP contribution in [0.3, 0.4) is 0 Å². The molecule has 3 nitrogen and oxygen atoms in total. The molecule has 0 saturated heterocycles. The fourth-order valence-corrected chi connectivity index (χ4v) is 2.78. The van der Waals surface area contributed by atoms with E-state index in [0.717, 1.165) is 15.6 Å². The van der Waals surface area contributed by atoms with Crippen LogP contribution in [-0.2, 0) is 17.8 Å². The Labute approximate surface area is 152 Å². The van der Waals surface area contributed by atoms with Crippen molar-refractivity contribution in [3.05, 3.63) is 64.1 Å². The SMILES string of the molecule is CN(Cc1ccc(OC(F)(F)F)cc1)C(=O)CCc1ccccc1Br. The third-order valence-corrected chi connectivity index (χ3v) is 4.34. The maximum atomic E-state index is 12.2. The van der Waals surface area contributed by atoms with Gasteiger partial charge in [-0.05, 0) is 35.7 Å². The molecule has 0 heterocycles. The number of nitrogens with zero attached hydrogens (tertiary/aromatic N) is 1. The quantitative estimate of drug-likeness (QED) is 0.668. The van der Waals surface area contributed by atoms with Crippen molar-refractivity contribution in [2.24, 2.45) is 0 Å². The highest BCUT2D eigenvalue weighted by molar-refractivity contribution is 9.10. The minimum atomic E-state index is -4.71. The Hall–Kier alpha value is -2.02. The monoisotopic (exact) mass is 415 g/mol. The van der Waals surface area contributed by atoms with Crippen molar-refractivity contribution in [1.29, 1.82) is 0 Å². The molecule has 0 fully saturated rings. The molecule has 25 heavy (non-hydrogen) atoms.